The minimum absolute atomic E-state index is 0.0463. The first-order valence-corrected chi connectivity index (χ1v) is 11.3. The molecule has 0 saturated carbocycles. The molecular formula is C27H24N2O6. The number of hydrogen-bond donors (Lipinski definition) is 0. The summed E-state index contributed by atoms with van der Waals surface area (Å²) in [5.41, 5.74) is 3.70. The van der Waals surface area contributed by atoms with Crippen LogP contribution < -0.4 is 14.2 Å². The third-order valence-electron chi connectivity index (χ3n) is 6.26. The van der Waals surface area contributed by atoms with Crippen LogP contribution in [0.15, 0.2) is 60.4 Å². The van der Waals surface area contributed by atoms with Crippen LogP contribution in [0.25, 0.3) is 6.08 Å². The molecule has 0 fully saturated rings. The van der Waals surface area contributed by atoms with Gasteiger partial charge in [0.25, 0.3) is 5.69 Å². The van der Waals surface area contributed by atoms with E-state index in [4.69, 9.17) is 14.2 Å². The number of ketones is 1. The SMILES string of the molecule is COc1ccccc1CCN1COc2cc(C)c3c(c2C1)O/C(=C\c1cccc([N+](=O)[O-])c1)C3=O. The Labute approximate surface area is 202 Å². The molecule has 8 heteroatoms. The van der Waals surface area contributed by atoms with Crippen molar-refractivity contribution in [1.82, 2.24) is 4.90 Å². The van der Waals surface area contributed by atoms with Crippen LogP contribution in [0.3, 0.4) is 0 Å². The largest absolute Gasteiger partial charge is 0.496 e. The van der Waals surface area contributed by atoms with Crippen molar-refractivity contribution in [3.05, 3.63) is 98.3 Å². The summed E-state index contributed by atoms with van der Waals surface area (Å²) in [7, 11) is 1.66. The molecule has 8 nitrogen and oxygen atoms in total. The first kappa shape index (κ1) is 22.6. The maximum atomic E-state index is 13.2. The average Bonchev–Trinajstić information content (AvgIpc) is 3.19. The third-order valence-corrected chi connectivity index (χ3v) is 6.26. The number of aryl methyl sites for hydroxylation is 1. The van der Waals surface area contributed by atoms with E-state index in [0.29, 0.717) is 35.9 Å². The molecule has 0 spiro atoms. The van der Waals surface area contributed by atoms with Gasteiger partial charge in [-0.2, -0.15) is 0 Å². The van der Waals surface area contributed by atoms with Gasteiger partial charge in [0, 0.05) is 25.2 Å². The summed E-state index contributed by atoms with van der Waals surface area (Å²) in [6.07, 6.45) is 2.33. The average molecular weight is 472 g/mol. The molecule has 0 aromatic heterocycles. The van der Waals surface area contributed by atoms with E-state index in [1.807, 2.05) is 37.3 Å². The first-order valence-electron chi connectivity index (χ1n) is 11.3. The molecule has 2 aliphatic heterocycles. The second-order valence-electron chi connectivity index (χ2n) is 8.55. The van der Waals surface area contributed by atoms with E-state index in [1.165, 1.54) is 12.1 Å². The van der Waals surface area contributed by atoms with Gasteiger partial charge in [0.1, 0.15) is 24.0 Å². The van der Waals surface area contributed by atoms with Crippen molar-refractivity contribution >= 4 is 17.5 Å². The molecule has 2 aliphatic rings. The molecule has 0 atom stereocenters. The number of ether oxygens (including phenoxy) is 3. The normalized spacial score (nSPS) is 15.8. The van der Waals surface area contributed by atoms with Gasteiger partial charge in [-0.25, -0.2) is 0 Å². The number of allylic oxidation sites excluding steroid dienone is 1. The lowest BCUT2D eigenvalue weighted by atomic mass is 9.98. The molecule has 3 aromatic carbocycles. The van der Waals surface area contributed by atoms with Crippen LogP contribution in [0.2, 0.25) is 0 Å². The number of methoxy groups -OCH3 is 1. The summed E-state index contributed by atoms with van der Waals surface area (Å²) in [5.74, 6) is 1.97. The predicted molar refractivity (Wildman–Crippen MR) is 130 cm³/mol. The quantitative estimate of drug-likeness (QED) is 0.286. The Kier molecular flexibility index (Phi) is 5.96. The van der Waals surface area contributed by atoms with Crippen LogP contribution in [-0.2, 0) is 13.0 Å². The van der Waals surface area contributed by atoms with Gasteiger partial charge >= 0.3 is 0 Å². The van der Waals surface area contributed by atoms with Gasteiger partial charge in [0.15, 0.2) is 5.76 Å². The predicted octanol–water partition coefficient (Wildman–Crippen LogP) is 4.92. The van der Waals surface area contributed by atoms with Crippen molar-refractivity contribution in [2.24, 2.45) is 0 Å². The number of rotatable bonds is 6. The van der Waals surface area contributed by atoms with Crippen molar-refractivity contribution < 1.29 is 23.9 Å². The molecule has 35 heavy (non-hydrogen) atoms. The van der Waals surface area contributed by atoms with Crippen molar-refractivity contribution in [3.8, 4) is 17.2 Å². The van der Waals surface area contributed by atoms with Gasteiger partial charge in [0.05, 0.1) is 23.2 Å². The molecule has 0 amide bonds. The van der Waals surface area contributed by atoms with Crippen molar-refractivity contribution in [2.45, 2.75) is 19.9 Å². The van der Waals surface area contributed by atoms with Crippen LogP contribution in [0.5, 0.6) is 17.2 Å². The van der Waals surface area contributed by atoms with E-state index >= 15 is 0 Å². The zero-order valence-corrected chi connectivity index (χ0v) is 19.4. The van der Waals surface area contributed by atoms with E-state index < -0.39 is 4.92 Å². The van der Waals surface area contributed by atoms with Gasteiger partial charge in [-0.15, -0.1) is 0 Å². The molecular weight excluding hydrogens is 448 g/mol. The molecule has 0 radical (unpaired) electrons. The number of carbonyl (C=O) groups is 1. The number of nitro benzene ring substituents is 1. The van der Waals surface area contributed by atoms with Gasteiger partial charge in [-0.1, -0.05) is 30.3 Å². The Balaban J connectivity index is 1.40. The molecule has 0 aliphatic carbocycles. The molecule has 0 saturated heterocycles. The standard InChI is InChI=1S/C27H24N2O6/c1-17-12-23-21(15-28(16-34-23)11-10-19-7-3-4-9-22(19)33-2)27-25(17)26(30)24(35-27)14-18-6-5-8-20(13-18)29(31)32/h3-9,12-14H,10-11,15-16H2,1-2H3/b24-14-. The minimum atomic E-state index is -0.467. The highest BCUT2D eigenvalue weighted by atomic mass is 16.6. The lowest BCUT2D eigenvalue weighted by Crippen LogP contribution is -2.34. The van der Waals surface area contributed by atoms with E-state index in [0.717, 1.165) is 35.4 Å². The fourth-order valence-electron chi connectivity index (χ4n) is 4.49. The monoisotopic (exact) mass is 472 g/mol. The molecule has 178 valence electrons. The smallest absolute Gasteiger partial charge is 0.270 e. The third kappa shape index (κ3) is 4.36. The number of non-ortho nitro benzene ring substituents is 1. The first-order chi connectivity index (χ1) is 16.9. The highest BCUT2D eigenvalue weighted by Gasteiger charge is 2.35. The molecule has 2 heterocycles. The van der Waals surface area contributed by atoms with E-state index in [9.17, 15) is 14.9 Å². The number of carbonyl (C=O) groups excluding carboxylic acids is 1. The van der Waals surface area contributed by atoms with Gasteiger partial charge in [-0.3, -0.25) is 19.8 Å². The highest BCUT2D eigenvalue weighted by molar-refractivity contribution is 6.15. The summed E-state index contributed by atoms with van der Waals surface area (Å²) < 4.78 is 17.5. The topological polar surface area (TPSA) is 91.1 Å². The Hall–Kier alpha value is -4.17. The highest BCUT2D eigenvalue weighted by Crippen LogP contribution is 2.44. The van der Waals surface area contributed by atoms with Crippen LogP contribution in [0, 0.1) is 17.0 Å². The summed E-state index contributed by atoms with van der Waals surface area (Å²) in [6.45, 7) is 3.61. The zero-order chi connectivity index (χ0) is 24.5. The molecule has 3 aromatic rings. The summed E-state index contributed by atoms with van der Waals surface area (Å²) >= 11 is 0. The molecule has 5 rings (SSSR count). The summed E-state index contributed by atoms with van der Waals surface area (Å²) in [6, 6.07) is 15.9. The van der Waals surface area contributed by atoms with Crippen molar-refractivity contribution in [2.75, 3.05) is 20.4 Å². The van der Waals surface area contributed by atoms with Gasteiger partial charge in [0.2, 0.25) is 5.78 Å². The molecule has 0 unspecified atom stereocenters. The molecule has 0 N–H and O–H groups in total. The lowest BCUT2D eigenvalue weighted by Gasteiger charge is -2.30. The van der Waals surface area contributed by atoms with Crippen LogP contribution in [0.4, 0.5) is 5.69 Å². The van der Waals surface area contributed by atoms with E-state index in [2.05, 4.69) is 4.90 Å². The number of para-hydroxylation sites is 1. The number of nitro groups is 1. The van der Waals surface area contributed by atoms with Gasteiger partial charge in [-0.05, 0) is 48.2 Å². The number of benzene rings is 3. The summed E-state index contributed by atoms with van der Waals surface area (Å²) in [4.78, 5) is 26.0. The number of Topliss-reactive ketones (excluding diaryl/α,β-unsaturated/α-hetero) is 1. The van der Waals surface area contributed by atoms with Gasteiger partial charge < -0.3 is 14.2 Å². The Bertz CT molecular complexity index is 1360. The Morgan fingerprint density at radius 3 is 2.80 bits per heavy atom. The summed E-state index contributed by atoms with van der Waals surface area (Å²) in [5, 5.41) is 11.1. The van der Waals surface area contributed by atoms with E-state index in [-0.39, 0.29) is 17.2 Å². The second-order valence-corrected chi connectivity index (χ2v) is 8.55. The maximum Gasteiger partial charge on any atom is 0.270 e. The van der Waals surface area contributed by atoms with Crippen molar-refractivity contribution in [1.29, 1.82) is 0 Å². The van der Waals surface area contributed by atoms with Crippen LogP contribution >= 0.6 is 0 Å². The number of hydrogen-bond acceptors (Lipinski definition) is 7. The number of nitrogens with zero attached hydrogens (tertiary/aromatic N) is 2. The number of fused-ring (bicyclic) bond motifs is 3. The van der Waals surface area contributed by atoms with Crippen LogP contribution in [-0.4, -0.2) is 36.0 Å². The maximum absolute atomic E-state index is 13.2. The van der Waals surface area contributed by atoms with E-state index in [1.54, 1.807) is 25.3 Å². The van der Waals surface area contributed by atoms with Crippen LogP contribution in [0.1, 0.15) is 32.6 Å². The van der Waals surface area contributed by atoms with Crippen molar-refractivity contribution in [3.63, 3.8) is 0 Å². The minimum Gasteiger partial charge on any atom is -0.496 e. The Morgan fingerprint density at radius 1 is 1.17 bits per heavy atom. The Morgan fingerprint density at radius 2 is 2.00 bits per heavy atom. The second kappa shape index (κ2) is 9.23. The fourth-order valence-corrected chi connectivity index (χ4v) is 4.49. The lowest BCUT2D eigenvalue weighted by molar-refractivity contribution is -0.384. The molecule has 0 bridgehead atoms. The zero-order valence-electron chi connectivity index (χ0n) is 19.4. The fraction of sp³-hybridized carbons (Fsp3) is 0.222.